The number of rotatable bonds is 8. The van der Waals surface area contributed by atoms with Crippen molar-refractivity contribution >= 4 is 29.9 Å². The summed E-state index contributed by atoms with van der Waals surface area (Å²) in [6, 6.07) is 0. The third kappa shape index (κ3) is 6.92. The lowest BCUT2D eigenvalue weighted by Crippen LogP contribution is -2.38. The van der Waals surface area contributed by atoms with Crippen LogP contribution in [-0.2, 0) is 24.1 Å². The van der Waals surface area contributed by atoms with Gasteiger partial charge in [0.2, 0.25) is 0 Å². The zero-order valence-corrected chi connectivity index (χ0v) is 17.2. The first-order valence-corrected chi connectivity index (χ1v) is 8.77. The third-order valence-corrected chi connectivity index (χ3v) is 3.95. The van der Waals surface area contributed by atoms with Gasteiger partial charge in [-0.25, -0.2) is 0 Å². The van der Waals surface area contributed by atoms with Crippen LogP contribution in [0.1, 0.15) is 44.3 Å². The Morgan fingerprint density at radius 2 is 2.12 bits per heavy atom. The monoisotopic (exact) mass is 450 g/mol. The van der Waals surface area contributed by atoms with Crippen molar-refractivity contribution in [1.82, 2.24) is 25.4 Å². The molecule has 8 heteroatoms. The summed E-state index contributed by atoms with van der Waals surface area (Å²) < 4.78 is 7.35. The van der Waals surface area contributed by atoms with Gasteiger partial charge in [-0.2, -0.15) is 0 Å². The number of guanidine groups is 1. The average molecular weight is 450 g/mol. The summed E-state index contributed by atoms with van der Waals surface area (Å²) in [6.07, 6.45) is 6.62. The van der Waals surface area contributed by atoms with Crippen LogP contribution in [0.2, 0.25) is 0 Å². The van der Waals surface area contributed by atoms with Crippen LogP contribution in [0.25, 0.3) is 0 Å². The quantitative estimate of drug-likeness (QED) is 0.273. The van der Waals surface area contributed by atoms with E-state index in [-0.39, 0.29) is 24.0 Å². The molecular weight excluding hydrogens is 419 g/mol. The Hall–Kier alpha value is -0.900. The molecule has 0 aliphatic carbocycles. The van der Waals surface area contributed by atoms with Crippen molar-refractivity contribution in [2.45, 2.75) is 52.0 Å². The van der Waals surface area contributed by atoms with Crippen molar-refractivity contribution in [2.75, 3.05) is 33.4 Å². The number of aryl methyl sites for hydroxylation is 1. The summed E-state index contributed by atoms with van der Waals surface area (Å²) in [5.74, 6) is 3.10. The molecule has 0 aromatic carbocycles. The van der Waals surface area contributed by atoms with E-state index in [9.17, 15) is 0 Å². The number of nitrogens with one attached hydrogen (secondary N) is 2. The summed E-state index contributed by atoms with van der Waals surface area (Å²) in [7, 11) is 1.72. The first kappa shape index (κ1) is 21.1. The van der Waals surface area contributed by atoms with Crippen molar-refractivity contribution in [3.05, 3.63) is 11.6 Å². The van der Waals surface area contributed by atoms with E-state index in [4.69, 9.17) is 4.74 Å². The maximum atomic E-state index is 5.05. The molecule has 0 unspecified atom stereocenters. The van der Waals surface area contributed by atoms with E-state index in [1.807, 2.05) is 0 Å². The lowest BCUT2D eigenvalue weighted by Gasteiger charge is -2.12. The maximum Gasteiger partial charge on any atom is 0.191 e. The van der Waals surface area contributed by atoms with Gasteiger partial charge in [0.05, 0.1) is 0 Å². The van der Waals surface area contributed by atoms with Crippen molar-refractivity contribution in [3.8, 4) is 0 Å². The number of aromatic nitrogens is 3. The van der Waals surface area contributed by atoms with Crippen LogP contribution in [0.5, 0.6) is 0 Å². The van der Waals surface area contributed by atoms with E-state index in [0.29, 0.717) is 0 Å². The number of fused-ring (bicyclic) bond motifs is 1. The highest BCUT2D eigenvalue weighted by Gasteiger charge is 2.14. The average Bonchev–Trinajstić information content (AvgIpc) is 2.79. The Balaban J connectivity index is 0.00000288. The molecule has 2 heterocycles. The number of aliphatic imine (C=N–C) groups is 1. The molecule has 2 N–H and O–H groups in total. The summed E-state index contributed by atoms with van der Waals surface area (Å²) in [6.45, 7) is 6.32. The van der Waals surface area contributed by atoms with E-state index < -0.39 is 0 Å². The highest BCUT2D eigenvalue weighted by atomic mass is 127. The van der Waals surface area contributed by atoms with Gasteiger partial charge in [-0.1, -0.05) is 6.42 Å². The summed E-state index contributed by atoms with van der Waals surface area (Å²) in [4.78, 5) is 4.54. The second kappa shape index (κ2) is 12.5. The minimum atomic E-state index is 0. The summed E-state index contributed by atoms with van der Waals surface area (Å²) >= 11 is 0. The van der Waals surface area contributed by atoms with Crippen molar-refractivity contribution in [1.29, 1.82) is 0 Å². The van der Waals surface area contributed by atoms with E-state index in [0.717, 1.165) is 69.7 Å². The molecule has 24 heavy (non-hydrogen) atoms. The Morgan fingerprint density at radius 3 is 2.92 bits per heavy atom. The van der Waals surface area contributed by atoms with E-state index in [2.05, 4.69) is 37.3 Å². The fourth-order valence-electron chi connectivity index (χ4n) is 2.76. The molecular formula is C16H31IN6O. The van der Waals surface area contributed by atoms with Crippen LogP contribution in [0, 0.1) is 0 Å². The molecule has 0 fully saturated rings. The molecule has 0 saturated heterocycles. The molecule has 7 nitrogen and oxygen atoms in total. The van der Waals surface area contributed by atoms with Crippen LogP contribution in [0.4, 0.5) is 0 Å². The van der Waals surface area contributed by atoms with E-state index in [1.54, 1.807) is 7.11 Å². The predicted octanol–water partition coefficient (Wildman–Crippen LogP) is 1.76. The van der Waals surface area contributed by atoms with Gasteiger partial charge in [0, 0.05) is 52.7 Å². The molecule has 0 radical (unpaired) electrons. The van der Waals surface area contributed by atoms with Crippen LogP contribution >= 0.6 is 24.0 Å². The van der Waals surface area contributed by atoms with Gasteiger partial charge < -0.3 is 19.9 Å². The van der Waals surface area contributed by atoms with Crippen molar-refractivity contribution in [2.24, 2.45) is 4.99 Å². The number of ether oxygens (including phenoxy) is 1. The first-order valence-electron chi connectivity index (χ1n) is 8.77. The van der Waals surface area contributed by atoms with E-state index in [1.165, 1.54) is 19.3 Å². The molecule has 0 amide bonds. The number of methoxy groups -OCH3 is 1. The van der Waals surface area contributed by atoms with Crippen LogP contribution in [0.15, 0.2) is 4.99 Å². The molecule has 1 aliphatic rings. The van der Waals surface area contributed by atoms with Crippen LogP contribution in [-0.4, -0.2) is 54.1 Å². The Bertz CT molecular complexity index is 491. The predicted molar refractivity (Wildman–Crippen MR) is 107 cm³/mol. The van der Waals surface area contributed by atoms with Gasteiger partial charge in [-0.05, 0) is 26.2 Å². The zero-order valence-electron chi connectivity index (χ0n) is 14.9. The second-order valence-corrected chi connectivity index (χ2v) is 5.78. The maximum absolute atomic E-state index is 5.05. The molecule has 0 bridgehead atoms. The topological polar surface area (TPSA) is 76.4 Å². The number of nitrogens with zero attached hydrogens (tertiary/aromatic N) is 4. The highest BCUT2D eigenvalue weighted by Crippen LogP contribution is 2.14. The van der Waals surface area contributed by atoms with Gasteiger partial charge in [0.25, 0.3) is 0 Å². The minimum Gasteiger partial charge on any atom is -0.385 e. The number of hydrogen-bond donors (Lipinski definition) is 2. The minimum absolute atomic E-state index is 0. The lowest BCUT2D eigenvalue weighted by atomic mass is 10.2. The molecule has 1 aromatic heterocycles. The zero-order chi connectivity index (χ0) is 16.3. The Kier molecular flexibility index (Phi) is 11.0. The fourth-order valence-corrected chi connectivity index (χ4v) is 2.76. The number of hydrogen-bond acceptors (Lipinski definition) is 4. The lowest BCUT2D eigenvalue weighted by molar-refractivity contribution is 0.197. The van der Waals surface area contributed by atoms with Gasteiger partial charge >= 0.3 is 0 Å². The summed E-state index contributed by atoms with van der Waals surface area (Å²) in [5.41, 5.74) is 0. The molecule has 2 rings (SSSR count). The molecule has 0 saturated carbocycles. The molecule has 1 aromatic rings. The normalized spacial score (nSPS) is 14.5. The van der Waals surface area contributed by atoms with Gasteiger partial charge in [0.1, 0.15) is 11.6 Å². The Morgan fingerprint density at radius 1 is 1.25 bits per heavy atom. The standard InChI is InChI=1S/C16H30N6O.HI/c1-3-17-16(18-10-7-13-23-2)19-11-9-15-21-20-14-8-5-4-6-12-22(14)15;/h3-13H2,1-2H3,(H2,17,18,19);1H. The molecule has 1 aliphatic heterocycles. The van der Waals surface area contributed by atoms with Crippen LogP contribution in [0.3, 0.4) is 0 Å². The van der Waals surface area contributed by atoms with Crippen molar-refractivity contribution < 1.29 is 4.74 Å². The van der Waals surface area contributed by atoms with Gasteiger partial charge in [-0.3, -0.25) is 4.99 Å². The van der Waals surface area contributed by atoms with Gasteiger partial charge in [-0.15, -0.1) is 34.2 Å². The molecule has 0 spiro atoms. The first-order chi connectivity index (χ1) is 11.3. The Labute approximate surface area is 162 Å². The van der Waals surface area contributed by atoms with Gasteiger partial charge in [0.15, 0.2) is 5.96 Å². The van der Waals surface area contributed by atoms with Crippen molar-refractivity contribution in [3.63, 3.8) is 0 Å². The SMILES string of the molecule is CCNC(=NCCCOC)NCCc1nnc2n1CCCCC2.I. The largest absolute Gasteiger partial charge is 0.385 e. The molecule has 138 valence electrons. The smallest absolute Gasteiger partial charge is 0.191 e. The van der Waals surface area contributed by atoms with E-state index >= 15 is 0 Å². The summed E-state index contributed by atoms with van der Waals surface area (Å²) in [5, 5.41) is 15.4. The highest BCUT2D eigenvalue weighted by molar-refractivity contribution is 14.0. The fraction of sp³-hybridized carbons (Fsp3) is 0.812. The third-order valence-electron chi connectivity index (χ3n) is 3.95. The van der Waals surface area contributed by atoms with Crippen LogP contribution < -0.4 is 10.6 Å². The number of halogens is 1. The molecule has 0 atom stereocenters. The second-order valence-electron chi connectivity index (χ2n) is 5.78.